The zero-order chi connectivity index (χ0) is 12.2. The van der Waals surface area contributed by atoms with Gasteiger partial charge in [-0.1, -0.05) is 13.8 Å². The maximum Gasteiger partial charge on any atom is 0.222 e. The van der Waals surface area contributed by atoms with Crippen LogP contribution in [-0.2, 0) is 4.79 Å². The number of rotatable bonds is 6. The van der Waals surface area contributed by atoms with Crippen molar-refractivity contribution < 1.29 is 9.90 Å². The van der Waals surface area contributed by atoms with Crippen LogP contribution in [0.4, 0.5) is 0 Å². The third-order valence-corrected chi connectivity index (χ3v) is 3.02. The number of carbonyl (C=O) groups excluding carboxylic acids is 1. The highest BCUT2D eigenvalue weighted by Crippen LogP contribution is 2.13. The zero-order valence-corrected chi connectivity index (χ0v) is 10.6. The molecule has 94 valence electrons. The second-order valence-electron chi connectivity index (χ2n) is 5.55. The molecule has 0 bridgehead atoms. The van der Waals surface area contributed by atoms with Gasteiger partial charge in [0.05, 0.1) is 0 Å². The van der Waals surface area contributed by atoms with Gasteiger partial charge >= 0.3 is 0 Å². The lowest BCUT2D eigenvalue weighted by molar-refractivity contribution is -0.127. The summed E-state index contributed by atoms with van der Waals surface area (Å²) in [5.74, 6) is 0.273. The van der Waals surface area contributed by atoms with Crippen LogP contribution in [0.5, 0.6) is 0 Å². The molecule has 1 fully saturated rings. The summed E-state index contributed by atoms with van der Waals surface area (Å²) >= 11 is 0. The number of amides is 1. The summed E-state index contributed by atoms with van der Waals surface area (Å²) in [4.78, 5) is 13.3. The molecule has 0 spiro atoms. The van der Waals surface area contributed by atoms with Gasteiger partial charge in [-0.05, 0) is 13.3 Å². The molecule has 1 heterocycles. The van der Waals surface area contributed by atoms with E-state index in [2.05, 4.69) is 12.2 Å². The average molecular weight is 228 g/mol. The van der Waals surface area contributed by atoms with Crippen molar-refractivity contribution in [2.24, 2.45) is 5.41 Å². The monoisotopic (exact) mass is 228 g/mol. The van der Waals surface area contributed by atoms with Crippen LogP contribution < -0.4 is 5.32 Å². The summed E-state index contributed by atoms with van der Waals surface area (Å²) in [7, 11) is 0. The number of likely N-dealkylation sites (tertiary alicyclic amines) is 1. The van der Waals surface area contributed by atoms with Crippen molar-refractivity contribution in [2.75, 3.05) is 26.2 Å². The van der Waals surface area contributed by atoms with E-state index in [1.54, 1.807) is 0 Å². The Labute approximate surface area is 98.0 Å². The number of nitrogens with one attached hydrogen (secondary N) is 1. The fraction of sp³-hybridized carbons (Fsp3) is 0.917. The first-order valence-corrected chi connectivity index (χ1v) is 6.06. The van der Waals surface area contributed by atoms with Gasteiger partial charge in [0.25, 0.3) is 0 Å². The van der Waals surface area contributed by atoms with E-state index in [4.69, 9.17) is 5.11 Å². The predicted octanol–water partition coefficient (Wildman–Crippen LogP) is 0.605. The van der Waals surface area contributed by atoms with Crippen LogP contribution in [0.25, 0.3) is 0 Å². The van der Waals surface area contributed by atoms with E-state index in [-0.39, 0.29) is 24.0 Å². The molecule has 1 unspecified atom stereocenters. The molecular formula is C12H24N2O2. The van der Waals surface area contributed by atoms with Crippen molar-refractivity contribution in [1.29, 1.82) is 0 Å². The summed E-state index contributed by atoms with van der Waals surface area (Å²) in [6.45, 7) is 8.75. The molecule has 1 aliphatic rings. The van der Waals surface area contributed by atoms with Gasteiger partial charge in [-0.3, -0.25) is 4.79 Å². The van der Waals surface area contributed by atoms with E-state index in [1.165, 1.54) is 0 Å². The molecule has 1 rings (SSSR count). The minimum absolute atomic E-state index is 0.0940. The fourth-order valence-electron chi connectivity index (χ4n) is 1.80. The average Bonchev–Trinajstić information content (AvgIpc) is 2.62. The number of aliphatic hydroxyl groups excluding tert-OH is 1. The summed E-state index contributed by atoms with van der Waals surface area (Å²) in [6, 6.07) is 0.285. The molecule has 4 heteroatoms. The number of hydrogen-bond acceptors (Lipinski definition) is 3. The maximum atomic E-state index is 11.4. The summed E-state index contributed by atoms with van der Waals surface area (Å²) < 4.78 is 0. The van der Waals surface area contributed by atoms with Crippen LogP contribution in [-0.4, -0.2) is 48.2 Å². The van der Waals surface area contributed by atoms with Crippen LogP contribution in [0.1, 0.15) is 33.6 Å². The van der Waals surface area contributed by atoms with Gasteiger partial charge in [-0.2, -0.15) is 0 Å². The smallest absolute Gasteiger partial charge is 0.222 e. The third kappa shape index (κ3) is 4.10. The first-order chi connectivity index (χ1) is 7.44. The molecular weight excluding hydrogens is 204 g/mol. The standard InChI is InChI=1S/C12H24N2O2/c1-10(13-8-12(2,3)9-15)7-14-6-4-5-11(14)16/h10,13,15H,4-9H2,1-3H3. The number of carbonyl (C=O) groups is 1. The largest absolute Gasteiger partial charge is 0.396 e. The van der Waals surface area contributed by atoms with E-state index in [0.29, 0.717) is 6.42 Å². The highest BCUT2D eigenvalue weighted by Gasteiger charge is 2.23. The molecule has 1 aliphatic heterocycles. The van der Waals surface area contributed by atoms with Gasteiger partial charge in [0.2, 0.25) is 5.91 Å². The Morgan fingerprint density at radius 1 is 1.56 bits per heavy atom. The molecule has 0 saturated carbocycles. The number of hydrogen-bond donors (Lipinski definition) is 2. The Hall–Kier alpha value is -0.610. The normalized spacial score (nSPS) is 19.2. The molecule has 4 nitrogen and oxygen atoms in total. The third-order valence-electron chi connectivity index (χ3n) is 3.02. The molecule has 1 amide bonds. The number of aliphatic hydroxyl groups is 1. The van der Waals surface area contributed by atoms with Crippen LogP contribution in [0.2, 0.25) is 0 Å². The lowest BCUT2D eigenvalue weighted by atomic mass is 9.95. The first kappa shape index (κ1) is 13.5. The first-order valence-electron chi connectivity index (χ1n) is 6.06. The van der Waals surface area contributed by atoms with Gasteiger partial charge in [-0.25, -0.2) is 0 Å². The Morgan fingerprint density at radius 3 is 2.75 bits per heavy atom. The van der Waals surface area contributed by atoms with E-state index < -0.39 is 0 Å². The Bertz CT molecular complexity index is 241. The zero-order valence-electron chi connectivity index (χ0n) is 10.6. The van der Waals surface area contributed by atoms with Gasteiger partial charge in [0, 0.05) is 44.1 Å². The molecule has 2 N–H and O–H groups in total. The maximum absolute atomic E-state index is 11.4. The number of nitrogens with zero attached hydrogens (tertiary/aromatic N) is 1. The van der Waals surface area contributed by atoms with E-state index in [9.17, 15) is 4.79 Å². The minimum atomic E-state index is -0.0940. The van der Waals surface area contributed by atoms with Gasteiger partial charge in [0.1, 0.15) is 0 Å². The molecule has 1 saturated heterocycles. The molecule has 0 aliphatic carbocycles. The predicted molar refractivity (Wildman–Crippen MR) is 64.1 cm³/mol. The molecule has 1 atom stereocenters. The second kappa shape index (κ2) is 5.64. The highest BCUT2D eigenvalue weighted by molar-refractivity contribution is 5.78. The van der Waals surface area contributed by atoms with Crippen molar-refractivity contribution in [2.45, 2.75) is 39.7 Å². The summed E-state index contributed by atoms with van der Waals surface area (Å²) in [6.07, 6.45) is 1.70. The summed E-state index contributed by atoms with van der Waals surface area (Å²) in [5.41, 5.74) is -0.0940. The van der Waals surface area contributed by atoms with Crippen molar-refractivity contribution >= 4 is 5.91 Å². The Balaban J connectivity index is 2.25. The van der Waals surface area contributed by atoms with Crippen molar-refractivity contribution in [3.63, 3.8) is 0 Å². The fourth-order valence-corrected chi connectivity index (χ4v) is 1.80. The van der Waals surface area contributed by atoms with E-state index in [0.717, 1.165) is 26.1 Å². The van der Waals surface area contributed by atoms with Crippen LogP contribution >= 0.6 is 0 Å². The molecule has 0 radical (unpaired) electrons. The molecule has 0 aromatic carbocycles. The van der Waals surface area contributed by atoms with Crippen molar-refractivity contribution in [3.05, 3.63) is 0 Å². The van der Waals surface area contributed by atoms with E-state index in [1.807, 2.05) is 18.7 Å². The minimum Gasteiger partial charge on any atom is -0.396 e. The Morgan fingerprint density at radius 2 is 2.25 bits per heavy atom. The van der Waals surface area contributed by atoms with Gasteiger partial charge in [-0.15, -0.1) is 0 Å². The van der Waals surface area contributed by atoms with Crippen molar-refractivity contribution in [1.82, 2.24) is 10.2 Å². The topological polar surface area (TPSA) is 52.6 Å². The van der Waals surface area contributed by atoms with Crippen LogP contribution in [0, 0.1) is 5.41 Å². The summed E-state index contributed by atoms with van der Waals surface area (Å²) in [5, 5.41) is 12.5. The van der Waals surface area contributed by atoms with Gasteiger partial charge < -0.3 is 15.3 Å². The second-order valence-corrected chi connectivity index (χ2v) is 5.55. The molecule has 0 aromatic heterocycles. The lowest BCUT2D eigenvalue weighted by Crippen LogP contribution is -2.43. The Kier molecular flexibility index (Phi) is 4.74. The van der Waals surface area contributed by atoms with Gasteiger partial charge in [0.15, 0.2) is 0 Å². The molecule has 0 aromatic rings. The van der Waals surface area contributed by atoms with E-state index >= 15 is 0 Å². The quantitative estimate of drug-likeness (QED) is 0.700. The highest BCUT2D eigenvalue weighted by atomic mass is 16.3. The van der Waals surface area contributed by atoms with Crippen molar-refractivity contribution in [3.8, 4) is 0 Å². The van der Waals surface area contributed by atoms with Crippen LogP contribution in [0.15, 0.2) is 0 Å². The molecule has 16 heavy (non-hydrogen) atoms. The van der Waals surface area contributed by atoms with Crippen LogP contribution in [0.3, 0.4) is 0 Å². The SMILES string of the molecule is CC(CN1CCCC1=O)NCC(C)(C)CO. The lowest BCUT2D eigenvalue weighted by Gasteiger charge is -2.27.